The van der Waals surface area contributed by atoms with Crippen molar-refractivity contribution >= 4 is 23.2 Å². The van der Waals surface area contributed by atoms with Crippen LogP contribution in [0.1, 0.15) is 5.69 Å². The Morgan fingerprint density at radius 3 is 2.25 bits per heavy atom. The van der Waals surface area contributed by atoms with Crippen LogP contribution in [0, 0.1) is 6.92 Å². The fraction of sp³-hybridized carbons (Fsp3) is 0.250. The van der Waals surface area contributed by atoms with E-state index in [1.165, 1.54) is 0 Å². The molecule has 0 aliphatic heterocycles. The number of H-pyrrole nitrogens is 1. The van der Waals surface area contributed by atoms with Crippen molar-refractivity contribution in [3.8, 4) is 0 Å². The molecule has 0 bridgehead atoms. The number of hydrogen-bond acceptors (Lipinski definition) is 1. The largest absolute Gasteiger partial charge is 0.280 e. The van der Waals surface area contributed by atoms with Crippen molar-refractivity contribution in [2.45, 2.75) is 6.92 Å². The minimum Gasteiger partial charge on any atom is -0.280 e. The highest BCUT2D eigenvalue weighted by Crippen LogP contribution is 2.20. The van der Waals surface area contributed by atoms with E-state index in [9.17, 15) is 0 Å². The molecule has 0 saturated carbocycles. The zero-order valence-electron chi connectivity index (χ0n) is 4.20. The van der Waals surface area contributed by atoms with Gasteiger partial charge in [-0.15, -0.1) is 0 Å². The number of nitrogens with one attached hydrogen (secondary N) is 1. The van der Waals surface area contributed by atoms with Crippen LogP contribution in [-0.2, 0) is 0 Å². The van der Waals surface area contributed by atoms with E-state index in [2.05, 4.69) is 10.2 Å². The van der Waals surface area contributed by atoms with Gasteiger partial charge in [-0.2, -0.15) is 5.10 Å². The van der Waals surface area contributed by atoms with Crippen molar-refractivity contribution in [2.24, 2.45) is 0 Å². The topological polar surface area (TPSA) is 28.7 Å². The third-order valence-electron chi connectivity index (χ3n) is 0.832. The molecule has 0 radical (unpaired) electrons. The predicted molar refractivity (Wildman–Crippen MR) is 33.3 cm³/mol. The van der Waals surface area contributed by atoms with E-state index < -0.39 is 0 Å². The summed E-state index contributed by atoms with van der Waals surface area (Å²) in [6.45, 7) is 1.81. The summed E-state index contributed by atoms with van der Waals surface area (Å²) in [4.78, 5) is 0. The molecule has 1 aromatic heterocycles. The maximum atomic E-state index is 5.57. The molecule has 1 heterocycles. The highest BCUT2D eigenvalue weighted by molar-refractivity contribution is 6.41. The molecule has 0 atom stereocenters. The third kappa shape index (κ3) is 0.812. The first-order chi connectivity index (χ1) is 3.72. The van der Waals surface area contributed by atoms with Gasteiger partial charge < -0.3 is 0 Å². The van der Waals surface area contributed by atoms with Gasteiger partial charge in [-0.25, -0.2) is 0 Å². The molecule has 1 rings (SSSR count). The smallest absolute Gasteiger partial charge is 0.169 e. The van der Waals surface area contributed by atoms with Gasteiger partial charge in [0, 0.05) is 0 Å². The average molecular weight is 151 g/mol. The first kappa shape index (κ1) is 5.92. The van der Waals surface area contributed by atoms with E-state index in [-0.39, 0.29) is 0 Å². The molecule has 0 spiro atoms. The number of halogens is 2. The first-order valence-electron chi connectivity index (χ1n) is 2.08. The lowest BCUT2D eigenvalue weighted by molar-refractivity contribution is 1.05. The number of aryl methyl sites for hydroxylation is 1. The molecule has 1 N–H and O–H groups in total. The Labute approximate surface area is 56.8 Å². The number of rotatable bonds is 0. The number of aromatic amines is 1. The Hall–Kier alpha value is -0.210. The summed E-state index contributed by atoms with van der Waals surface area (Å²) in [5.74, 6) is 0. The molecule has 0 fully saturated rings. The second-order valence-electron chi connectivity index (χ2n) is 1.45. The van der Waals surface area contributed by atoms with Crippen LogP contribution < -0.4 is 0 Å². The maximum Gasteiger partial charge on any atom is 0.169 e. The van der Waals surface area contributed by atoms with Crippen LogP contribution in [0.5, 0.6) is 0 Å². The molecule has 0 aliphatic carbocycles. The second-order valence-corrected chi connectivity index (χ2v) is 2.19. The monoisotopic (exact) mass is 150 g/mol. The van der Waals surface area contributed by atoms with Crippen molar-refractivity contribution in [2.75, 3.05) is 0 Å². The van der Waals surface area contributed by atoms with Gasteiger partial charge in [0.05, 0.1) is 5.69 Å². The van der Waals surface area contributed by atoms with E-state index in [0.717, 1.165) is 5.69 Å². The molecule has 0 unspecified atom stereocenters. The summed E-state index contributed by atoms with van der Waals surface area (Å²) in [5, 5.41) is 7.09. The Morgan fingerprint density at radius 1 is 1.50 bits per heavy atom. The predicted octanol–water partition coefficient (Wildman–Crippen LogP) is 2.02. The Bertz CT molecular complexity index is 174. The normalized spacial score (nSPS) is 9.88. The summed E-state index contributed by atoms with van der Waals surface area (Å²) in [6.07, 6.45) is 0. The van der Waals surface area contributed by atoms with Crippen LogP contribution in [0.25, 0.3) is 0 Å². The Balaban J connectivity index is 3.19. The zero-order valence-corrected chi connectivity index (χ0v) is 5.72. The first-order valence-corrected chi connectivity index (χ1v) is 2.83. The number of aromatic nitrogens is 2. The SMILES string of the molecule is Cc1[nH]nc(Cl)c1Cl. The van der Waals surface area contributed by atoms with Crippen molar-refractivity contribution in [1.82, 2.24) is 10.2 Å². The summed E-state index contributed by atoms with van der Waals surface area (Å²) >= 11 is 11.0. The van der Waals surface area contributed by atoms with Gasteiger partial charge >= 0.3 is 0 Å². The van der Waals surface area contributed by atoms with Crippen LogP contribution in [-0.4, -0.2) is 10.2 Å². The Kier molecular flexibility index (Phi) is 1.45. The van der Waals surface area contributed by atoms with Gasteiger partial charge in [-0.1, -0.05) is 23.2 Å². The molecule has 2 nitrogen and oxygen atoms in total. The molecule has 0 amide bonds. The van der Waals surface area contributed by atoms with Crippen LogP contribution in [0.4, 0.5) is 0 Å². The molecular weight excluding hydrogens is 147 g/mol. The van der Waals surface area contributed by atoms with Gasteiger partial charge in [-0.3, -0.25) is 5.10 Å². The van der Waals surface area contributed by atoms with Crippen molar-refractivity contribution < 1.29 is 0 Å². The van der Waals surface area contributed by atoms with E-state index in [4.69, 9.17) is 23.2 Å². The van der Waals surface area contributed by atoms with Gasteiger partial charge in [0.25, 0.3) is 0 Å². The lowest BCUT2D eigenvalue weighted by atomic mass is 10.5. The molecule has 4 heteroatoms. The van der Waals surface area contributed by atoms with Gasteiger partial charge in [-0.05, 0) is 6.92 Å². The molecule has 1 aromatic rings. The maximum absolute atomic E-state index is 5.57. The quantitative estimate of drug-likeness (QED) is 0.603. The van der Waals surface area contributed by atoms with Crippen molar-refractivity contribution in [1.29, 1.82) is 0 Å². The highest BCUT2D eigenvalue weighted by atomic mass is 35.5. The molecule has 0 aromatic carbocycles. The van der Waals surface area contributed by atoms with E-state index in [1.807, 2.05) is 0 Å². The summed E-state index contributed by atoms with van der Waals surface area (Å²) in [6, 6.07) is 0. The molecule has 0 saturated heterocycles. The zero-order chi connectivity index (χ0) is 6.15. The van der Waals surface area contributed by atoms with Gasteiger partial charge in [0.15, 0.2) is 5.15 Å². The van der Waals surface area contributed by atoms with Gasteiger partial charge in [0.1, 0.15) is 5.02 Å². The lowest BCUT2D eigenvalue weighted by Gasteiger charge is -1.78. The van der Waals surface area contributed by atoms with Crippen LogP contribution in [0.3, 0.4) is 0 Å². The van der Waals surface area contributed by atoms with E-state index in [0.29, 0.717) is 10.2 Å². The van der Waals surface area contributed by atoms with E-state index in [1.54, 1.807) is 6.92 Å². The summed E-state index contributed by atoms with van der Waals surface area (Å²) in [7, 11) is 0. The van der Waals surface area contributed by atoms with Crippen molar-refractivity contribution in [3.63, 3.8) is 0 Å². The summed E-state index contributed by atoms with van der Waals surface area (Å²) < 4.78 is 0. The number of nitrogens with zero attached hydrogens (tertiary/aromatic N) is 1. The second kappa shape index (κ2) is 1.96. The van der Waals surface area contributed by atoms with Crippen LogP contribution in [0.2, 0.25) is 10.2 Å². The third-order valence-corrected chi connectivity index (χ3v) is 1.66. The standard InChI is InChI=1S/C4H4Cl2N2/c1-2-3(5)4(6)8-7-2/h1H3,(H,7,8). The lowest BCUT2D eigenvalue weighted by Crippen LogP contribution is -1.67. The van der Waals surface area contributed by atoms with Crippen LogP contribution in [0.15, 0.2) is 0 Å². The minimum absolute atomic E-state index is 0.337. The number of hydrogen-bond donors (Lipinski definition) is 1. The molecule has 44 valence electrons. The van der Waals surface area contributed by atoms with Crippen molar-refractivity contribution in [3.05, 3.63) is 15.9 Å². The van der Waals surface area contributed by atoms with E-state index >= 15 is 0 Å². The van der Waals surface area contributed by atoms with Gasteiger partial charge in [0.2, 0.25) is 0 Å². The molecule has 0 aliphatic rings. The minimum atomic E-state index is 0.337. The molecule has 8 heavy (non-hydrogen) atoms. The fourth-order valence-corrected chi connectivity index (χ4v) is 0.654. The summed E-state index contributed by atoms with van der Waals surface area (Å²) in [5.41, 5.74) is 0.802. The van der Waals surface area contributed by atoms with Crippen LogP contribution >= 0.6 is 23.2 Å². The molecular formula is C4H4Cl2N2. The Morgan fingerprint density at radius 2 is 2.12 bits per heavy atom. The average Bonchev–Trinajstić information content (AvgIpc) is 1.98. The fourth-order valence-electron chi connectivity index (χ4n) is 0.386. The highest BCUT2D eigenvalue weighted by Gasteiger charge is 2.01.